The van der Waals surface area contributed by atoms with Gasteiger partial charge in [0.25, 0.3) is 0 Å². The quantitative estimate of drug-likeness (QED) is 0.131. The first-order chi connectivity index (χ1) is 18.1. The van der Waals surface area contributed by atoms with Gasteiger partial charge in [0.2, 0.25) is 6.29 Å². The van der Waals surface area contributed by atoms with E-state index in [4.69, 9.17) is 23.7 Å². The number of phenolic OH excluding ortho intramolecular Hbond substituents is 2. The molecule has 1 fully saturated rings. The van der Waals surface area contributed by atoms with Crippen molar-refractivity contribution in [1.82, 2.24) is 0 Å². The van der Waals surface area contributed by atoms with Gasteiger partial charge < -0.3 is 54.3 Å². The Morgan fingerprint density at radius 3 is 2.45 bits per heavy atom. The van der Waals surface area contributed by atoms with Crippen molar-refractivity contribution in [1.29, 1.82) is 0 Å². The summed E-state index contributed by atoms with van der Waals surface area (Å²) in [6, 6.07) is 4.23. The van der Waals surface area contributed by atoms with Crippen molar-refractivity contribution in [2.75, 3.05) is 20.3 Å². The predicted octanol–water partition coefficient (Wildman–Crippen LogP) is -0.634. The van der Waals surface area contributed by atoms with Gasteiger partial charge >= 0.3 is 11.9 Å². The number of hydrogen-bond donors (Lipinski definition) is 6. The zero-order valence-electron chi connectivity index (χ0n) is 20.8. The number of esters is 2. The van der Waals surface area contributed by atoms with Gasteiger partial charge in [-0.1, -0.05) is 12.1 Å². The normalized spacial score (nSPS) is 30.3. The lowest BCUT2D eigenvalue weighted by Gasteiger charge is -2.41. The molecule has 1 aromatic carbocycles. The topological polar surface area (TPSA) is 202 Å². The Morgan fingerprint density at radius 2 is 1.82 bits per heavy atom. The molecule has 0 aromatic heterocycles. The Labute approximate surface area is 218 Å². The maximum absolute atomic E-state index is 12.7. The molecular weight excluding hydrogens is 508 g/mol. The van der Waals surface area contributed by atoms with E-state index in [1.54, 1.807) is 19.1 Å². The van der Waals surface area contributed by atoms with Crippen molar-refractivity contribution in [3.05, 3.63) is 47.2 Å². The van der Waals surface area contributed by atoms with Crippen LogP contribution in [0.15, 0.2) is 41.7 Å². The minimum absolute atomic E-state index is 0.00894. The molecular formula is C25H32O13. The van der Waals surface area contributed by atoms with E-state index < -0.39 is 61.5 Å². The molecule has 0 aliphatic carbocycles. The molecule has 3 rings (SSSR count). The van der Waals surface area contributed by atoms with Crippen LogP contribution in [0.3, 0.4) is 0 Å². The van der Waals surface area contributed by atoms with Crippen LogP contribution in [0.1, 0.15) is 18.9 Å². The highest BCUT2D eigenvalue weighted by Gasteiger charge is 2.46. The maximum atomic E-state index is 12.7. The molecule has 1 saturated heterocycles. The molecule has 0 bridgehead atoms. The highest BCUT2D eigenvalue weighted by atomic mass is 16.8. The van der Waals surface area contributed by atoms with Crippen molar-refractivity contribution in [2.24, 2.45) is 5.92 Å². The number of aliphatic hydroxyl groups excluding tert-OH is 4. The van der Waals surface area contributed by atoms with Crippen LogP contribution in [0.5, 0.6) is 11.5 Å². The summed E-state index contributed by atoms with van der Waals surface area (Å²) in [5, 5.41) is 58.8. The lowest BCUT2D eigenvalue weighted by atomic mass is 9.86. The van der Waals surface area contributed by atoms with Gasteiger partial charge in [0, 0.05) is 17.9 Å². The molecule has 7 atom stereocenters. The molecule has 13 nitrogen and oxygen atoms in total. The van der Waals surface area contributed by atoms with Gasteiger partial charge in [0.05, 0.1) is 38.6 Å². The number of aromatic hydroxyl groups is 2. The number of methoxy groups -OCH3 is 1. The number of allylic oxidation sites excluding steroid dienone is 1. The number of ether oxygens (including phenoxy) is 5. The van der Waals surface area contributed by atoms with Crippen molar-refractivity contribution in [2.45, 2.75) is 56.8 Å². The Hall–Kier alpha value is -3.20. The average Bonchev–Trinajstić information content (AvgIpc) is 2.90. The molecule has 2 heterocycles. The molecule has 0 amide bonds. The fraction of sp³-hybridized carbons (Fsp3) is 0.520. The van der Waals surface area contributed by atoms with Gasteiger partial charge in [-0.3, -0.25) is 4.79 Å². The Bertz CT molecular complexity index is 1050. The molecule has 1 aromatic rings. The minimum Gasteiger partial charge on any atom is -0.504 e. The van der Waals surface area contributed by atoms with E-state index in [-0.39, 0.29) is 36.5 Å². The van der Waals surface area contributed by atoms with Crippen LogP contribution >= 0.6 is 0 Å². The molecule has 38 heavy (non-hydrogen) atoms. The fourth-order valence-electron chi connectivity index (χ4n) is 4.16. The molecule has 0 spiro atoms. The smallest absolute Gasteiger partial charge is 0.337 e. The summed E-state index contributed by atoms with van der Waals surface area (Å²) in [6.07, 6.45) is -6.39. The summed E-state index contributed by atoms with van der Waals surface area (Å²) in [5.74, 6) is -2.89. The standard InChI is InChI=1S/C25H32O13/c1-3-13-14(9-19(29)35-7-6-12-4-5-16(27)17(28)8-12)15(23(33)34-2)11-36-24(13)38-25-22(32)21(31)20(30)18(10-26)37-25/h3-5,8,11,14,18,20-22,24-28,30-32H,6-7,9-10H2,1-2H3/b13-3-/t14-,18+,20+,21-,22+,24+,25-/m0/s1. The molecule has 2 aliphatic rings. The second kappa shape index (κ2) is 13.0. The van der Waals surface area contributed by atoms with Crippen molar-refractivity contribution < 1.29 is 63.9 Å². The zero-order chi connectivity index (χ0) is 28.0. The highest BCUT2D eigenvalue weighted by molar-refractivity contribution is 5.90. The van der Waals surface area contributed by atoms with E-state index in [1.165, 1.54) is 12.1 Å². The second-order valence-electron chi connectivity index (χ2n) is 8.71. The zero-order valence-corrected chi connectivity index (χ0v) is 20.8. The number of carbonyl (C=O) groups excluding carboxylic acids is 2. The second-order valence-corrected chi connectivity index (χ2v) is 8.71. The van der Waals surface area contributed by atoms with E-state index in [2.05, 4.69) is 0 Å². The van der Waals surface area contributed by atoms with Gasteiger partial charge in [-0.05, 0) is 24.6 Å². The fourth-order valence-corrected chi connectivity index (χ4v) is 4.16. The van der Waals surface area contributed by atoms with E-state index in [1.807, 2.05) is 0 Å². The van der Waals surface area contributed by atoms with Crippen LogP contribution in [0.2, 0.25) is 0 Å². The van der Waals surface area contributed by atoms with Gasteiger partial charge in [0.15, 0.2) is 17.8 Å². The first-order valence-electron chi connectivity index (χ1n) is 11.8. The summed E-state index contributed by atoms with van der Waals surface area (Å²) in [6.45, 7) is 0.912. The van der Waals surface area contributed by atoms with Crippen LogP contribution < -0.4 is 0 Å². The number of aliphatic hydroxyl groups is 4. The van der Waals surface area contributed by atoms with E-state index in [0.29, 0.717) is 11.1 Å². The third-order valence-electron chi connectivity index (χ3n) is 6.29. The van der Waals surface area contributed by atoms with Crippen molar-refractivity contribution >= 4 is 11.9 Å². The summed E-state index contributed by atoms with van der Waals surface area (Å²) < 4.78 is 26.7. The Kier molecular flexibility index (Phi) is 10.1. The number of benzene rings is 1. The lowest BCUT2D eigenvalue weighted by molar-refractivity contribution is -0.327. The number of carbonyl (C=O) groups is 2. The molecule has 0 radical (unpaired) electrons. The van der Waals surface area contributed by atoms with Gasteiger partial charge in [0.1, 0.15) is 24.4 Å². The number of phenols is 2. The molecule has 0 unspecified atom stereocenters. The van der Waals surface area contributed by atoms with Crippen molar-refractivity contribution in [3.8, 4) is 11.5 Å². The summed E-state index contributed by atoms with van der Waals surface area (Å²) >= 11 is 0. The van der Waals surface area contributed by atoms with E-state index in [0.717, 1.165) is 13.4 Å². The molecule has 13 heteroatoms. The first kappa shape index (κ1) is 29.4. The minimum atomic E-state index is -1.69. The molecule has 210 valence electrons. The summed E-state index contributed by atoms with van der Waals surface area (Å²) in [5.41, 5.74) is 0.927. The van der Waals surface area contributed by atoms with Gasteiger partial charge in [-0.25, -0.2) is 4.79 Å². The Balaban J connectivity index is 1.71. The number of hydrogen-bond acceptors (Lipinski definition) is 13. The largest absolute Gasteiger partial charge is 0.504 e. The third-order valence-corrected chi connectivity index (χ3v) is 6.29. The SMILES string of the molecule is C/C=C1\[C@@H](O[C@@H]2O[C@H](CO)[C@@H](O)[C@H](O)[C@H]2O)OC=C(C(=O)OC)[C@H]1CC(=O)OCCc1ccc(O)c(O)c1. The molecule has 6 N–H and O–H groups in total. The van der Waals surface area contributed by atoms with Crippen molar-refractivity contribution in [3.63, 3.8) is 0 Å². The summed E-state index contributed by atoms with van der Waals surface area (Å²) in [4.78, 5) is 25.1. The van der Waals surface area contributed by atoms with Crippen LogP contribution in [0.25, 0.3) is 0 Å². The van der Waals surface area contributed by atoms with Crippen LogP contribution in [0, 0.1) is 5.92 Å². The highest BCUT2D eigenvalue weighted by Crippen LogP contribution is 2.36. The van der Waals surface area contributed by atoms with Crippen LogP contribution in [-0.2, 0) is 39.7 Å². The predicted molar refractivity (Wildman–Crippen MR) is 126 cm³/mol. The van der Waals surface area contributed by atoms with Crippen LogP contribution in [0.4, 0.5) is 0 Å². The monoisotopic (exact) mass is 540 g/mol. The van der Waals surface area contributed by atoms with E-state index >= 15 is 0 Å². The lowest BCUT2D eigenvalue weighted by Crippen LogP contribution is -2.60. The van der Waals surface area contributed by atoms with Crippen LogP contribution in [-0.4, -0.2) is 99.9 Å². The molecule has 2 aliphatic heterocycles. The number of rotatable bonds is 9. The van der Waals surface area contributed by atoms with E-state index in [9.17, 15) is 40.2 Å². The maximum Gasteiger partial charge on any atom is 0.337 e. The first-order valence-corrected chi connectivity index (χ1v) is 11.8. The summed E-state index contributed by atoms with van der Waals surface area (Å²) in [7, 11) is 1.16. The van der Waals surface area contributed by atoms with Gasteiger partial charge in [-0.15, -0.1) is 0 Å². The third kappa shape index (κ3) is 6.62. The van der Waals surface area contributed by atoms with Gasteiger partial charge in [-0.2, -0.15) is 0 Å². The Morgan fingerprint density at radius 1 is 1.08 bits per heavy atom. The average molecular weight is 541 g/mol. The molecule has 0 saturated carbocycles.